The van der Waals surface area contributed by atoms with Crippen LogP contribution in [0.25, 0.3) is 0 Å². The maximum absolute atomic E-state index is 14.3. The molecule has 6 aromatic carbocycles. The lowest BCUT2D eigenvalue weighted by Crippen LogP contribution is -2.46. The third-order valence-electron chi connectivity index (χ3n) is 31.7. The third-order valence-corrected chi connectivity index (χ3v) is 31.7. The predicted molar refractivity (Wildman–Crippen MR) is 490 cm³/mol. The van der Waals surface area contributed by atoms with Crippen LogP contribution in [0.15, 0.2) is 146 Å². The number of alkyl halides is 6. The lowest BCUT2D eigenvalue weighted by molar-refractivity contribution is -0.146. The number of carboxylic acid groups (broad SMARTS) is 3. The van der Waals surface area contributed by atoms with Crippen LogP contribution in [0.5, 0.6) is 0 Å². The number of nitriles is 2. The molecule has 6 heterocycles. The molecule has 0 bridgehead atoms. The van der Waals surface area contributed by atoms with E-state index in [9.17, 15) is 64.8 Å². The van der Waals surface area contributed by atoms with Crippen molar-refractivity contribution in [3.05, 3.63) is 213 Å². The molecule has 6 aromatic rings. The van der Waals surface area contributed by atoms with Crippen molar-refractivity contribution in [2.24, 2.45) is 53.3 Å². The van der Waals surface area contributed by atoms with Crippen LogP contribution in [-0.4, -0.2) is 179 Å². The summed E-state index contributed by atoms with van der Waals surface area (Å²) in [6, 6.07) is 45.6. The minimum absolute atomic E-state index is 0.00733. The second-order valence-corrected chi connectivity index (χ2v) is 41.3. The van der Waals surface area contributed by atoms with Crippen molar-refractivity contribution in [2.45, 2.75) is 267 Å². The summed E-state index contributed by atoms with van der Waals surface area (Å²) < 4.78 is 108. The Hall–Kier alpha value is -8.09. The van der Waals surface area contributed by atoms with Crippen molar-refractivity contribution in [1.29, 1.82) is 10.5 Å². The monoisotopic (exact) mass is 1790 g/mol. The zero-order chi connectivity index (χ0) is 91.6. The summed E-state index contributed by atoms with van der Waals surface area (Å²) in [5, 5.41) is 49.1. The van der Waals surface area contributed by atoms with Crippen molar-refractivity contribution in [3.8, 4) is 12.1 Å². The second-order valence-electron chi connectivity index (χ2n) is 41.3. The molecule has 3 aliphatic carbocycles. The first-order valence-electron chi connectivity index (χ1n) is 48.8. The maximum Gasteiger partial charge on any atom is 0.416 e. The van der Waals surface area contributed by atoms with Crippen molar-refractivity contribution in [3.63, 3.8) is 0 Å². The van der Waals surface area contributed by atoms with E-state index >= 15 is 0 Å². The number of rotatable bonds is 30. The fraction of sp³-hybridized carbons (Fsp3) is 0.617. The van der Waals surface area contributed by atoms with Crippen molar-refractivity contribution >= 4 is 17.9 Å². The summed E-state index contributed by atoms with van der Waals surface area (Å²) in [5.74, 6) is 1.25. The molecule has 9 aliphatic rings. The Bertz CT molecular complexity index is 4600. The highest BCUT2D eigenvalue weighted by Crippen LogP contribution is 2.46. The summed E-state index contributed by atoms with van der Waals surface area (Å²) in [7, 11) is 0. The van der Waals surface area contributed by atoms with Gasteiger partial charge in [0.1, 0.15) is 29.8 Å². The van der Waals surface area contributed by atoms with E-state index in [0.29, 0.717) is 67.1 Å². The number of carbonyl (C=O) groups is 3. The summed E-state index contributed by atoms with van der Waals surface area (Å²) in [6.45, 7) is 22.5. The van der Waals surface area contributed by atoms with Crippen LogP contribution in [-0.2, 0) is 44.0 Å². The average molecular weight is 1790 g/mol. The lowest BCUT2D eigenvalue weighted by atomic mass is 9.77. The van der Waals surface area contributed by atoms with Gasteiger partial charge in [0.05, 0.1) is 34.4 Å². The third kappa shape index (κ3) is 27.1. The quantitative estimate of drug-likeness (QED) is 0.0363. The Morgan fingerprint density at radius 3 is 1.01 bits per heavy atom. The molecular formula is C107H140F8N8O6. The van der Waals surface area contributed by atoms with Gasteiger partial charge in [0.2, 0.25) is 0 Å². The smallest absolute Gasteiger partial charge is 0.416 e. The molecule has 22 heteroatoms. The highest BCUT2D eigenvalue weighted by atomic mass is 19.4. The molecule has 9 atom stereocenters. The number of hydrogen-bond donors (Lipinski definition) is 3. The molecule has 0 spiro atoms. The maximum atomic E-state index is 14.3. The summed E-state index contributed by atoms with van der Waals surface area (Å²) >= 11 is 0. The van der Waals surface area contributed by atoms with Gasteiger partial charge in [0.15, 0.2) is 0 Å². The zero-order valence-corrected chi connectivity index (χ0v) is 76.6. The molecule has 15 rings (SSSR count). The number of piperidine rings is 3. The van der Waals surface area contributed by atoms with Gasteiger partial charge >= 0.3 is 30.3 Å². The second kappa shape index (κ2) is 45.6. The Labute approximate surface area is 761 Å². The zero-order valence-electron chi connectivity index (χ0n) is 76.6. The number of aliphatic carboxylic acids is 3. The number of halogens is 8. The Kier molecular flexibility index (Phi) is 34.8. The van der Waals surface area contributed by atoms with E-state index in [1.54, 1.807) is 24.3 Å². The van der Waals surface area contributed by atoms with Gasteiger partial charge in [-0.2, -0.15) is 36.9 Å². The standard InChI is InChI=1S/C36H48FN3O2.C36H49N3O2.C35H43F7N2O2/c1-36(2,31-13-11-27(22-38)12-14-31)18-15-26-16-19-39(20-17-26)23-30-24-40(25-33(30)29-9-6-10-32(37)21-29)34(35(41)42)28-7-4-3-5-8-28;1-36(2,32-15-13-28(23-37)14-16-32)20-17-27-18-21-38(22-19-27)24-31-25-39(26-33(31)29-9-5-3-6-10-29)34(35(40)41)30-11-7-4-8-12-30;36-30-11-5-10-26(18-30)31-22-44(32(33(45)46)25-8-2-1-3-9-25)21-27(31)20-43-14-12-23(13-15-43)6-4-7-24-16-28(34(37,38)39)19-29(17-24)35(40,41)42/h6,9-14,21,26,28,30,33-34H,3-5,7-8,15-20,23-25H2,1-2H3,(H,41,42);3,5-6,9-10,13-16,27,30-31,33-34H,4,7-8,11-12,17-22,24-26H2,1-2H3,(H,40,41);5,10-11,16-19,23,25,27,31-32H,1-4,6-9,12-15,20-22H2,(H,45,46)/t30-,33+,34+;31-,33+,34+;27-,31+,32+/m000/s1. The molecule has 0 aromatic heterocycles. The molecule has 6 saturated heterocycles. The summed E-state index contributed by atoms with van der Waals surface area (Å²) in [6.07, 6.45) is 19.2. The number of benzene rings is 6. The number of hydrogen-bond acceptors (Lipinski definition) is 11. The molecule has 0 radical (unpaired) electrons. The Balaban J connectivity index is 0.000000165. The summed E-state index contributed by atoms with van der Waals surface area (Å²) in [5.41, 5.74) is 4.99. The first-order valence-corrected chi connectivity index (χ1v) is 48.8. The van der Waals surface area contributed by atoms with Gasteiger partial charge in [-0.1, -0.05) is 171 Å². The van der Waals surface area contributed by atoms with E-state index in [2.05, 4.69) is 124 Å². The molecule has 3 N–H and O–H groups in total. The first kappa shape index (κ1) is 98.4. The van der Waals surface area contributed by atoms with Crippen molar-refractivity contribution < 1.29 is 64.8 Å². The summed E-state index contributed by atoms with van der Waals surface area (Å²) in [4.78, 5) is 51.9. The van der Waals surface area contributed by atoms with Crippen LogP contribution in [0.4, 0.5) is 35.1 Å². The van der Waals surface area contributed by atoms with Crippen LogP contribution in [0.1, 0.15) is 274 Å². The van der Waals surface area contributed by atoms with Gasteiger partial charge in [-0.25, -0.2) is 8.78 Å². The van der Waals surface area contributed by atoms with Crippen molar-refractivity contribution in [2.75, 3.05) is 98.2 Å². The fourth-order valence-corrected chi connectivity index (χ4v) is 24.1. The van der Waals surface area contributed by atoms with Gasteiger partial charge in [0.25, 0.3) is 0 Å². The fourth-order valence-electron chi connectivity index (χ4n) is 24.1. The van der Waals surface area contributed by atoms with E-state index in [4.69, 9.17) is 10.5 Å². The van der Waals surface area contributed by atoms with Crippen LogP contribution in [0.3, 0.4) is 0 Å². The molecule has 0 unspecified atom stereocenters. The molecular weight excluding hydrogens is 1650 g/mol. The molecule has 700 valence electrons. The Morgan fingerprint density at radius 1 is 0.380 bits per heavy atom. The van der Waals surface area contributed by atoms with Gasteiger partial charge < -0.3 is 30.0 Å². The van der Waals surface area contributed by atoms with Gasteiger partial charge in [0, 0.05) is 76.7 Å². The number of nitrogens with zero attached hydrogens (tertiary/aromatic N) is 8. The minimum Gasteiger partial charge on any atom is -0.480 e. The molecule has 3 saturated carbocycles. The molecule has 6 aliphatic heterocycles. The molecule has 9 fully saturated rings. The number of aryl methyl sites for hydroxylation is 1. The van der Waals surface area contributed by atoms with Crippen LogP contribution in [0, 0.1) is 87.6 Å². The lowest BCUT2D eigenvalue weighted by Gasteiger charge is -2.36. The van der Waals surface area contributed by atoms with E-state index in [1.165, 1.54) is 93.0 Å². The van der Waals surface area contributed by atoms with Gasteiger partial charge in [-0.3, -0.25) is 29.1 Å². The average Bonchev–Trinajstić information content (AvgIpc) is 1.66. The van der Waals surface area contributed by atoms with Gasteiger partial charge in [-0.15, -0.1) is 0 Å². The van der Waals surface area contributed by atoms with Gasteiger partial charge in [-0.05, 0) is 319 Å². The van der Waals surface area contributed by atoms with Crippen LogP contribution < -0.4 is 0 Å². The largest absolute Gasteiger partial charge is 0.480 e. The number of carboxylic acids is 3. The van der Waals surface area contributed by atoms with E-state index < -0.39 is 53.5 Å². The van der Waals surface area contributed by atoms with Crippen LogP contribution >= 0.6 is 0 Å². The first-order chi connectivity index (χ1) is 61.8. The van der Waals surface area contributed by atoms with Crippen LogP contribution in [0.2, 0.25) is 0 Å². The highest BCUT2D eigenvalue weighted by Gasteiger charge is 2.48. The Morgan fingerprint density at radius 2 is 0.698 bits per heavy atom. The highest BCUT2D eigenvalue weighted by molar-refractivity contribution is 5.75. The topological polar surface area (TPSA) is 179 Å². The van der Waals surface area contributed by atoms with E-state index in [0.717, 1.165) is 216 Å². The predicted octanol–water partition coefficient (Wildman–Crippen LogP) is 22.9. The molecule has 0 amide bonds. The molecule has 14 nitrogen and oxygen atoms in total. The van der Waals surface area contributed by atoms with Crippen molar-refractivity contribution in [1.82, 2.24) is 29.4 Å². The number of likely N-dealkylation sites (tertiary alicyclic amines) is 6. The van der Waals surface area contributed by atoms with E-state index in [-0.39, 0.29) is 76.1 Å². The molecule has 129 heavy (non-hydrogen) atoms. The SMILES string of the molecule is CC(C)(CCC1CCN(C[C@H]2CN([C@@H](C(=O)O)C3CCCCC3)C[C@@H]2c2cccc(F)c2)CC1)c1ccc(C#N)cc1.CC(C)(CCC1CCN(C[C@H]2CN([C@@H](C(=O)O)C3CCCCC3)C[C@@H]2c2ccccc2)CC1)c1ccc(C#N)cc1.O=C(O)[C@@H](C1CCCCC1)N1C[C@H](CN2CCC(CCCc3cc(C(F)(F)F)cc(C(F)(F)F)c3)CC2)[C@@H](c2cccc(F)c2)C1. The minimum atomic E-state index is -4.85. The normalized spacial score (nSPS) is 23.9. The van der Waals surface area contributed by atoms with E-state index in [1.807, 2.05) is 36.4 Å².